The summed E-state index contributed by atoms with van der Waals surface area (Å²) in [6.45, 7) is 6.06. The van der Waals surface area contributed by atoms with E-state index in [1.54, 1.807) is 18.5 Å². The molecular weight excluding hydrogens is 226 g/mol. The van der Waals surface area contributed by atoms with Crippen LogP contribution in [0.25, 0.3) is 5.82 Å². The zero-order chi connectivity index (χ0) is 13.2. The average Bonchev–Trinajstić information content (AvgIpc) is 2.31. The van der Waals surface area contributed by atoms with Gasteiger partial charge in [-0.25, -0.2) is 4.98 Å². The number of aromatic nitrogens is 2. The van der Waals surface area contributed by atoms with Crippen LogP contribution in [-0.2, 0) is 0 Å². The maximum absolute atomic E-state index is 12.3. The summed E-state index contributed by atoms with van der Waals surface area (Å²) < 4.78 is 1.54. The van der Waals surface area contributed by atoms with Crippen LogP contribution in [0.4, 0.5) is 5.69 Å². The second-order valence-corrected chi connectivity index (χ2v) is 5.16. The number of hydrogen-bond acceptors (Lipinski definition) is 3. The molecule has 0 amide bonds. The van der Waals surface area contributed by atoms with E-state index in [0.717, 1.165) is 0 Å². The topological polar surface area (TPSA) is 46.9 Å². The van der Waals surface area contributed by atoms with Crippen LogP contribution in [0.2, 0.25) is 0 Å². The highest BCUT2D eigenvalue weighted by molar-refractivity contribution is 5.44. The van der Waals surface area contributed by atoms with Crippen molar-refractivity contribution in [1.82, 2.24) is 9.55 Å². The van der Waals surface area contributed by atoms with E-state index in [1.165, 1.54) is 4.57 Å². The molecule has 0 saturated carbocycles. The van der Waals surface area contributed by atoms with Crippen LogP contribution >= 0.6 is 0 Å². The van der Waals surface area contributed by atoms with Crippen LogP contribution in [0.5, 0.6) is 0 Å². The maximum Gasteiger partial charge on any atom is 0.279 e. The molecule has 1 N–H and O–H groups in total. The van der Waals surface area contributed by atoms with Crippen LogP contribution in [0.15, 0.2) is 47.5 Å². The SMILES string of the molecule is CC(C)(C)Nc1cccn(-c2ccccn2)c1=O. The summed E-state index contributed by atoms with van der Waals surface area (Å²) in [6.07, 6.45) is 3.39. The highest BCUT2D eigenvalue weighted by atomic mass is 16.1. The second kappa shape index (κ2) is 4.64. The van der Waals surface area contributed by atoms with E-state index in [0.29, 0.717) is 11.5 Å². The molecule has 4 nitrogen and oxygen atoms in total. The first-order valence-corrected chi connectivity index (χ1v) is 5.89. The lowest BCUT2D eigenvalue weighted by atomic mass is 10.1. The molecule has 0 bridgehead atoms. The Morgan fingerprint density at radius 1 is 1.17 bits per heavy atom. The molecule has 0 spiro atoms. The van der Waals surface area contributed by atoms with Gasteiger partial charge in [-0.05, 0) is 45.0 Å². The lowest BCUT2D eigenvalue weighted by Crippen LogP contribution is -2.31. The van der Waals surface area contributed by atoms with Gasteiger partial charge < -0.3 is 5.32 Å². The lowest BCUT2D eigenvalue weighted by molar-refractivity contribution is 0.631. The second-order valence-electron chi connectivity index (χ2n) is 5.16. The highest BCUT2D eigenvalue weighted by Gasteiger charge is 2.13. The van der Waals surface area contributed by atoms with E-state index in [4.69, 9.17) is 0 Å². The molecule has 0 aliphatic heterocycles. The van der Waals surface area contributed by atoms with Crippen molar-refractivity contribution < 1.29 is 0 Å². The fourth-order valence-electron chi connectivity index (χ4n) is 1.67. The van der Waals surface area contributed by atoms with Crippen LogP contribution in [0.1, 0.15) is 20.8 Å². The van der Waals surface area contributed by atoms with Crippen LogP contribution in [-0.4, -0.2) is 15.1 Å². The Hall–Kier alpha value is -2.10. The summed E-state index contributed by atoms with van der Waals surface area (Å²) in [4.78, 5) is 16.5. The fourth-order valence-corrected chi connectivity index (χ4v) is 1.67. The predicted octanol–water partition coefficient (Wildman–Crippen LogP) is 2.44. The standard InChI is InChI=1S/C14H17N3O/c1-14(2,3)16-11-7-6-10-17(13(11)18)12-8-4-5-9-15-12/h4-10,16H,1-3H3. The summed E-state index contributed by atoms with van der Waals surface area (Å²) in [5.41, 5.74) is 0.337. The fraction of sp³-hybridized carbons (Fsp3) is 0.286. The highest BCUT2D eigenvalue weighted by Crippen LogP contribution is 2.10. The molecule has 0 aliphatic carbocycles. The van der Waals surface area contributed by atoms with Crippen LogP contribution in [0.3, 0.4) is 0 Å². The molecule has 4 heteroatoms. The summed E-state index contributed by atoms with van der Waals surface area (Å²) in [7, 11) is 0. The van der Waals surface area contributed by atoms with E-state index in [1.807, 2.05) is 45.0 Å². The third kappa shape index (κ3) is 2.77. The van der Waals surface area contributed by atoms with Crippen molar-refractivity contribution in [3.05, 3.63) is 53.1 Å². The summed E-state index contributed by atoms with van der Waals surface area (Å²) >= 11 is 0. The van der Waals surface area contributed by atoms with E-state index in [-0.39, 0.29) is 11.1 Å². The Balaban J connectivity index is 2.46. The minimum Gasteiger partial charge on any atom is -0.376 e. The van der Waals surface area contributed by atoms with Crippen molar-refractivity contribution in [3.8, 4) is 5.82 Å². The van der Waals surface area contributed by atoms with Gasteiger partial charge in [0, 0.05) is 17.9 Å². The zero-order valence-electron chi connectivity index (χ0n) is 10.8. The minimum absolute atomic E-state index is 0.0916. The molecule has 2 aromatic rings. The number of nitrogens with zero attached hydrogens (tertiary/aromatic N) is 2. The molecule has 0 aliphatic rings. The van der Waals surface area contributed by atoms with Crippen molar-refractivity contribution in [2.24, 2.45) is 0 Å². The Morgan fingerprint density at radius 3 is 2.56 bits per heavy atom. The Kier molecular flexibility index (Phi) is 3.19. The number of nitrogens with one attached hydrogen (secondary N) is 1. The first-order valence-electron chi connectivity index (χ1n) is 5.89. The van der Waals surface area contributed by atoms with Gasteiger partial charge in [0.15, 0.2) is 0 Å². The third-order valence-electron chi connectivity index (χ3n) is 2.35. The number of anilines is 1. The Morgan fingerprint density at radius 2 is 1.94 bits per heavy atom. The lowest BCUT2D eigenvalue weighted by Gasteiger charge is -2.21. The van der Waals surface area contributed by atoms with Crippen molar-refractivity contribution in [3.63, 3.8) is 0 Å². The monoisotopic (exact) mass is 243 g/mol. The van der Waals surface area contributed by atoms with Crippen molar-refractivity contribution in [2.45, 2.75) is 26.3 Å². The van der Waals surface area contributed by atoms with Gasteiger partial charge >= 0.3 is 0 Å². The van der Waals surface area contributed by atoms with Crippen LogP contribution in [0, 0.1) is 0 Å². The van der Waals surface area contributed by atoms with Gasteiger partial charge in [-0.1, -0.05) is 6.07 Å². The van der Waals surface area contributed by atoms with Crippen molar-refractivity contribution >= 4 is 5.69 Å². The maximum atomic E-state index is 12.3. The molecular formula is C14H17N3O. The number of pyridine rings is 2. The van der Waals surface area contributed by atoms with Gasteiger partial charge in [-0.3, -0.25) is 9.36 Å². The molecule has 0 unspecified atom stereocenters. The minimum atomic E-state index is -0.150. The Labute approximate surface area is 106 Å². The summed E-state index contributed by atoms with van der Waals surface area (Å²) in [5.74, 6) is 0.625. The van der Waals surface area contributed by atoms with Gasteiger partial charge in [0.1, 0.15) is 11.5 Å². The van der Waals surface area contributed by atoms with E-state index in [2.05, 4.69) is 10.3 Å². The molecule has 0 fully saturated rings. The van der Waals surface area contributed by atoms with Gasteiger partial charge in [0.2, 0.25) is 0 Å². The molecule has 2 heterocycles. The first kappa shape index (κ1) is 12.4. The molecule has 18 heavy (non-hydrogen) atoms. The van der Waals surface area contributed by atoms with Crippen molar-refractivity contribution in [2.75, 3.05) is 5.32 Å². The molecule has 0 radical (unpaired) electrons. The largest absolute Gasteiger partial charge is 0.376 e. The van der Waals surface area contributed by atoms with Gasteiger partial charge in [0.05, 0.1) is 0 Å². The third-order valence-corrected chi connectivity index (χ3v) is 2.35. The quantitative estimate of drug-likeness (QED) is 0.881. The molecule has 2 rings (SSSR count). The smallest absolute Gasteiger partial charge is 0.279 e. The first-order chi connectivity index (χ1) is 8.47. The molecule has 2 aromatic heterocycles. The number of hydrogen-bond donors (Lipinski definition) is 1. The molecule has 0 atom stereocenters. The zero-order valence-corrected chi connectivity index (χ0v) is 10.8. The normalized spacial score (nSPS) is 11.3. The van der Waals surface area contributed by atoms with E-state index < -0.39 is 0 Å². The Bertz CT molecular complexity index is 582. The van der Waals surface area contributed by atoms with Crippen molar-refractivity contribution in [1.29, 1.82) is 0 Å². The summed E-state index contributed by atoms with van der Waals surface area (Å²) in [6, 6.07) is 9.11. The average molecular weight is 243 g/mol. The predicted molar refractivity (Wildman–Crippen MR) is 73.2 cm³/mol. The van der Waals surface area contributed by atoms with E-state index in [9.17, 15) is 4.79 Å². The van der Waals surface area contributed by atoms with Gasteiger partial charge in [-0.15, -0.1) is 0 Å². The van der Waals surface area contributed by atoms with Crippen LogP contribution < -0.4 is 10.9 Å². The summed E-state index contributed by atoms with van der Waals surface area (Å²) in [5, 5.41) is 3.20. The molecule has 0 saturated heterocycles. The van der Waals surface area contributed by atoms with Gasteiger partial charge in [-0.2, -0.15) is 0 Å². The molecule has 94 valence electrons. The van der Waals surface area contributed by atoms with E-state index >= 15 is 0 Å². The number of rotatable bonds is 2. The van der Waals surface area contributed by atoms with Gasteiger partial charge in [0.25, 0.3) is 5.56 Å². The molecule has 0 aromatic carbocycles.